The van der Waals surface area contributed by atoms with Gasteiger partial charge in [-0.05, 0) is 32.9 Å². The number of esters is 1. The predicted octanol–water partition coefficient (Wildman–Crippen LogP) is 0.0848. The molecule has 0 aliphatic carbocycles. The molecule has 0 fully saturated rings. The van der Waals surface area contributed by atoms with Crippen LogP contribution in [0.2, 0.25) is 0 Å². The molecule has 8 N–H and O–H groups in total. The molecule has 0 radical (unpaired) electrons. The molecule has 0 saturated carbocycles. The van der Waals surface area contributed by atoms with Gasteiger partial charge in [-0.1, -0.05) is 36.4 Å². The summed E-state index contributed by atoms with van der Waals surface area (Å²) in [5.74, 6) is -4.16. The standard InChI is InChI=1S/C20H20FN7O4.C18H17FN8O3/c1-4-32-18(30)20(2)12-13(22)23-15(24-14(12)25-17(20)29)16-26-28(19(31)27(16)3)9-10-7-5-6-8-11(10)21;1-18(15(21)28)10-11(20)22-13(23-12(10)24-16(18)29)14-25-27(17(30)26(14)2)7-8-5-3-4-6-9(8)19/h5-8H,4,9H2,1-3H3,(H3,22,23,24,25,29);3-6H,7H2,1-2H3,(H2,21,28)(H3,20,22,23,24,29). The molecule has 2 unspecified atom stereocenters. The van der Waals surface area contributed by atoms with Gasteiger partial charge in [0.25, 0.3) is 0 Å². The number of amides is 3. The Bertz CT molecular complexity index is 3000. The maximum Gasteiger partial charge on any atom is 0.346 e. The number of carbonyl (C=O) groups is 4. The number of benzene rings is 2. The van der Waals surface area contributed by atoms with E-state index in [1.165, 1.54) is 49.2 Å². The fourth-order valence-corrected chi connectivity index (χ4v) is 6.87. The molecule has 6 aromatic rings. The smallest absolute Gasteiger partial charge is 0.346 e. The molecule has 2 aliphatic heterocycles. The summed E-state index contributed by atoms with van der Waals surface area (Å²) in [5, 5.41) is 13.4. The summed E-state index contributed by atoms with van der Waals surface area (Å²) in [6.45, 7) is 4.21. The Kier molecular flexibility index (Phi) is 10.5. The van der Waals surface area contributed by atoms with Gasteiger partial charge in [-0.15, -0.1) is 10.2 Å². The summed E-state index contributed by atoms with van der Waals surface area (Å²) >= 11 is 0. The molecule has 0 spiro atoms. The SMILES string of the molecule is CCOC(=O)C1(C)C(=O)Nc2nc(-c3nn(Cc4ccccc4F)c(=O)n3C)nc(N)c21.Cn1c(-c2nc(N)c3c(n2)NC(=O)C3(C)C(N)=O)nn(Cc2ccccc2F)c1=O. The molecule has 24 heteroatoms. The number of fused-ring (bicyclic) bond motifs is 2. The number of nitrogens with two attached hydrogens (primary N) is 3. The minimum atomic E-state index is -1.71. The number of carbonyl (C=O) groups excluding carboxylic acids is 4. The first-order valence-corrected chi connectivity index (χ1v) is 18.5. The van der Waals surface area contributed by atoms with Crippen LogP contribution in [0.15, 0.2) is 58.1 Å². The second-order valence-electron chi connectivity index (χ2n) is 14.4. The van der Waals surface area contributed by atoms with Gasteiger partial charge in [0.1, 0.15) is 34.9 Å². The van der Waals surface area contributed by atoms with Crippen molar-refractivity contribution in [2.24, 2.45) is 19.8 Å². The zero-order valence-electron chi connectivity index (χ0n) is 33.6. The van der Waals surface area contributed by atoms with Crippen LogP contribution in [0.25, 0.3) is 23.3 Å². The lowest BCUT2D eigenvalue weighted by molar-refractivity contribution is -0.152. The van der Waals surface area contributed by atoms with E-state index in [4.69, 9.17) is 21.9 Å². The predicted molar refractivity (Wildman–Crippen MR) is 215 cm³/mol. The monoisotopic (exact) mass is 853 g/mol. The molecule has 0 saturated heterocycles. The molecule has 0 bridgehead atoms. The molecule has 2 atom stereocenters. The minimum absolute atomic E-state index is 0.0138. The van der Waals surface area contributed by atoms with E-state index >= 15 is 0 Å². The highest BCUT2D eigenvalue weighted by Crippen LogP contribution is 2.42. The van der Waals surface area contributed by atoms with E-state index in [0.717, 1.165) is 9.36 Å². The molecule has 6 heterocycles. The van der Waals surface area contributed by atoms with Crippen molar-refractivity contribution in [1.29, 1.82) is 0 Å². The lowest BCUT2D eigenvalue weighted by Crippen LogP contribution is -2.44. The van der Waals surface area contributed by atoms with Crippen molar-refractivity contribution in [3.8, 4) is 23.3 Å². The number of primary amides is 1. The quantitative estimate of drug-likeness (QED) is 0.0951. The maximum absolute atomic E-state index is 14.0. The van der Waals surface area contributed by atoms with Crippen molar-refractivity contribution in [1.82, 2.24) is 48.6 Å². The van der Waals surface area contributed by atoms with Gasteiger partial charge < -0.3 is 32.6 Å². The van der Waals surface area contributed by atoms with E-state index < -0.39 is 57.5 Å². The number of anilines is 4. The van der Waals surface area contributed by atoms with Gasteiger partial charge in [0.15, 0.2) is 10.8 Å². The summed E-state index contributed by atoms with van der Waals surface area (Å²) < 4.78 is 37.5. The maximum atomic E-state index is 14.0. The highest BCUT2D eigenvalue weighted by molar-refractivity contribution is 6.21. The molecule has 2 aliphatic rings. The fraction of sp³-hybridized carbons (Fsp3) is 0.263. The van der Waals surface area contributed by atoms with Gasteiger partial charge in [0.2, 0.25) is 41.0 Å². The molecule has 3 amide bonds. The third-order valence-corrected chi connectivity index (χ3v) is 10.5. The van der Waals surface area contributed by atoms with E-state index in [1.54, 1.807) is 43.3 Å². The van der Waals surface area contributed by atoms with Crippen LogP contribution >= 0.6 is 0 Å². The number of nitrogens with zero attached hydrogens (tertiary/aromatic N) is 10. The Balaban J connectivity index is 0.000000187. The molecule has 2 aromatic carbocycles. The summed E-state index contributed by atoms with van der Waals surface area (Å²) in [6, 6.07) is 12.1. The highest BCUT2D eigenvalue weighted by Gasteiger charge is 2.54. The fourth-order valence-electron chi connectivity index (χ4n) is 6.87. The first-order valence-electron chi connectivity index (χ1n) is 18.5. The topological polar surface area (TPSA) is 311 Å². The van der Waals surface area contributed by atoms with Crippen molar-refractivity contribution < 1.29 is 32.7 Å². The van der Waals surface area contributed by atoms with Crippen molar-refractivity contribution in [2.75, 3.05) is 28.7 Å². The lowest BCUT2D eigenvalue weighted by Gasteiger charge is -2.20. The molecule has 4 aromatic heterocycles. The summed E-state index contributed by atoms with van der Waals surface area (Å²) in [5.41, 5.74) is 13.7. The van der Waals surface area contributed by atoms with Gasteiger partial charge in [0, 0.05) is 25.2 Å². The van der Waals surface area contributed by atoms with Crippen LogP contribution in [0.4, 0.5) is 32.1 Å². The first-order chi connectivity index (χ1) is 29.3. The van der Waals surface area contributed by atoms with E-state index in [2.05, 4.69) is 40.8 Å². The van der Waals surface area contributed by atoms with Crippen LogP contribution in [0.1, 0.15) is 43.0 Å². The Morgan fingerprint density at radius 2 is 1.10 bits per heavy atom. The van der Waals surface area contributed by atoms with E-state index in [-0.39, 0.29) is 88.5 Å². The number of nitrogen functional groups attached to an aromatic ring is 2. The van der Waals surface area contributed by atoms with Crippen LogP contribution < -0.4 is 39.2 Å². The number of halogens is 2. The lowest BCUT2D eigenvalue weighted by atomic mass is 9.84. The largest absolute Gasteiger partial charge is 0.465 e. The van der Waals surface area contributed by atoms with Crippen molar-refractivity contribution in [3.05, 3.63) is 103 Å². The average molecular weight is 854 g/mol. The van der Waals surface area contributed by atoms with Crippen molar-refractivity contribution in [3.63, 3.8) is 0 Å². The number of hydrogen-bond acceptors (Lipinski definition) is 15. The number of rotatable bonds is 9. The molecule has 320 valence electrons. The Labute approximate surface area is 347 Å². The number of aromatic nitrogens is 10. The zero-order valence-corrected chi connectivity index (χ0v) is 33.6. The number of ether oxygens (including phenoxy) is 1. The highest BCUT2D eigenvalue weighted by atomic mass is 19.1. The van der Waals surface area contributed by atoms with Gasteiger partial charge in [-0.25, -0.2) is 47.7 Å². The Morgan fingerprint density at radius 1 is 0.694 bits per heavy atom. The van der Waals surface area contributed by atoms with E-state index in [1.807, 2.05) is 0 Å². The van der Waals surface area contributed by atoms with Crippen LogP contribution in [0.5, 0.6) is 0 Å². The van der Waals surface area contributed by atoms with Crippen molar-refractivity contribution in [2.45, 2.75) is 44.7 Å². The Hall–Kier alpha value is -8.18. The third kappa shape index (κ3) is 6.75. The van der Waals surface area contributed by atoms with E-state index in [9.17, 15) is 37.5 Å². The first kappa shape index (κ1) is 42.0. The summed E-state index contributed by atoms with van der Waals surface area (Å²) in [7, 11) is 2.90. The third-order valence-electron chi connectivity index (χ3n) is 10.5. The van der Waals surface area contributed by atoms with Crippen molar-refractivity contribution >= 4 is 47.0 Å². The molecule has 62 heavy (non-hydrogen) atoms. The van der Waals surface area contributed by atoms with Gasteiger partial charge in [-0.3, -0.25) is 28.3 Å². The van der Waals surface area contributed by atoms with Crippen LogP contribution in [0.3, 0.4) is 0 Å². The zero-order chi connectivity index (χ0) is 45.0. The minimum Gasteiger partial charge on any atom is -0.465 e. The normalized spacial score (nSPS) is 17.4. The number of nitrogens with one attached hydrogen (secondary N) is 2. The number of hydrogen-bond donors (Lipinski definition) is 5. The van der Waals surface area contributed by atoms with Gasteiger partial charge >= 0.3 is 17.3 Å². The van der Waals surface area contributed by atoms with Crippen LogP contribution in [-0.4, -0.2) is 78.9 Å². The molecule has 8 rings (SSSR count). The van der Waals surface area contributed by atoms with Gasteiger partial charge in [-0.2, -0.15) is 0 Å². The second kappa shape index (κ2) is 15.4. The second-order valence-corrected chi connectivity index (χ2v) is 14.4. The summed E-state index contributed by atoms with van der Waals surface area (Å²) in [6.07, 6.45) is 0. The molecular formula is C38H37F2N15O7. The Morgan fingerprint density at radius 3 is 1.50 bits per heavy atom. The molecule has 22 nitrogen and oxygen atoms in total. The molecular weight excluding hydrogens is 817 g/mol. The summed E-state index contributed by atoms with van der Waals surface area (Å²) in [4.78, 5) is 91.2. The average Bonchev–Trinajstić information content (AvgIpc) is 3.87. The van der Waals surface area contributed by atoms with Crippen LogP contribution in [-0.2, 0) is 61.9 Å². The van der Waals surface area contributed by atoms with Crippen LogP contribution in [0, 0.1) is 11.6 Å². The van der Waals surface area contributed by atoms with E-state index in [0.29, 0.717) is 0 Å². The van der Waals surface area contributed by atoms with Gasteiger partial charge in [0.05, 0.1) is 30.8 Å².